The Morgan fingerprint density at radius 3 is 2.86 bits per heavy atom. The van der Waals surface area contributed by atoms with E-state index < -0.39 is 11.4 Å². The molecule has 1 amide bonds. The fourth-order valence-corrected chi connectivity index (χ4v) is 3.40. The molecule has 1 aliphatic carbocycles. The van der Waals surface area contributed by atoms with Crippen molar-refractivity contribution in [3.63, 3.8) is 0 Å². The number of pyridine rings is 1. The summed E-state index contributed by atoms with van der Waals surface area (Å²) in [5, 5.41) is 11.9. The highest BCUT2D eigenvalue weighted by Gasteiger charge is 2.51. The molecule has 2 aliphatic rings. The highest BCUT2D eigenvalue weighted by atomic mass is 16.4. The lowest BCUT2D eigenvalue weighted by atomic mass is 9.79. The third-order valence-corrected chi connectivity index (χ3v) is 4.43. The predicted molar refractivity (Wildman–Crippen MR) is 75.4 cm³/mol. The third-order valence-electron chi connectivity index (χ3n) is 4.43. The number of amides is 1. The number of fused-ring (bicyclic) bond motifs is 3. The van der Waals surface area contributed by atoms with Crippen LogP contribution in [0.2, 0.25) is 0 Å². The van der Waals surface area contributed by atoms with Gasteiger partial charge in [0.05, 0.1) is 11.0 Å². The van der Waals surface area contributed by atoms with Gasteiger partial charge in [0, 0.05) is 11.8 Å². The van der Waals surface area contributed by atoms with Crippen LogP contribution in [0.1, 0.15) is 27.0 Å². The molecule has 1 aromatic heterocycles. The Kier molecular flexibility index (Phi) is 2.25. The van der Waals surface area contributed by atoms with Crippen LogP contribution in [0.15, 0.2) is 36.5 Å². The van der Waals surface area contributed by atoms with Crippen LogP contribution in [0.3, 0.4) is 0 Å². The predicted octanol–water partition coefficient (Wildman–Crippen LogP) is 1.77. The van der Waals surface area contributed by atoms with Crippen LogP contribution in [-0.2, 0) is 23.1 Å². The van der Waals surface area contributed by atoms with Gasteiger partial charge in [0.2, 0.25) is 5.91 Å². The molecular formula is C16H12N2O3. The summed E-state index contributed by atoms with van der Waals surface area (Å²) in [5.74, 6) is -0.380. The van der Waals surface area contributed by atoms with Gasteiger partial charge in [-0.1, -0.05) is 12.1 Å². The molecule has 0 radical (unpaired) electrons. The van der Waals surface area contributed by atoms with Crippen LogP contribution >= 0.6 is 0 Å². The van der Waals surface area contributed by atoms with Crippen molar-refractivity contribution in [3.8, 4) is 0 Å². The Labute approximate surface area is 120 Å². The molecule has 0 saturated heterocycles. The molecule has 21 heavy (non-hydrogen) atoms. The van der Waals surface area contributed by atoms with Crippen molar-refractivity contribution in [1.29, 1.82) is 0 Å². The molecule has 4 rings (SSSR count). The summed E-state index contributed by atoms with van der Waals surface area (Å²) in [5.41, 5.74) is 2.50. The van der Waals surface area contributed by atoms with Gasteiger partial charge in [-0.05, 0) is 42.2 Å². The number of carbonyl (C=O) groups is 2. The zero-order chi connectivity index (χ0) is 14.6. The fourth-order valence-electron chi connectivity index (χ4n) is 3.40. The minimum Gasteiger partial charge on any atom is -0.478 e. The number of carboxylic acid groups (broad SMARTS) is 1. The fraction of sp³-hybridized carbons (Fsp3) is 0.188. The topological polar surface area (TPSA) is 79.3 Å². The van der Waals surface area contributed by atoms with Gasteiger partial charge < -0.3 is 10.4 Å². The van der Waals surface area contributed by atoms with Crippen molar-refractivity contribution in [1.82, 2.24) is 4.98 Å². The van der Waals surface area contributed by atoms with E-state index in [1.165, 1.54) is 0 Å². The maximum atomic E-state index is 12.5. The summed E-state index contributed by atoms with van der Waals surface area (Å²) in [6.45, 7) is 0. The van der Waals surface area contributed by atoms with Crippen molar-refractivity contribution >= 4 is 17.7 Å². The number of carboxylic acids is 1. The normalized spacial score (nSPS) is 22.0. The van der Waals surface area contributed by atoms with Crippen LogP contribution in [0.4, 0.5) is 5.82 Å². The van der Waals surface area contributed by atoms with Crippen LogP contribution in [0.5, 0.6) is 0 Å². The molecule has 1 atom stereocenters. The molecule has 5 heteroatoms. The third kappa shape index (κ3) is 1.54. The van der Waals surface area contributed by atoms with Crippen molar-refractivity contribution < 1.29 is 14.7 Å². The molecule has 104 valence electrons. The van der Waals surface area contributed by atoms with Gasteiger partial charge in [0.15, 0.2) is 0 Å². The van der Waals surface area contributed by atoms with Gasteiger partial charge in [0.1, 0.15) is 5.82 Å². The Morgan fingerprint density at radius 1 is 1.24 bits per heavy atom. The maximum absolute atomic E-state index is 12.5. The molecular weight excluding hydrogens is 268 g/mol. The first-order valence-corrected chi connectivity index (χ1v) is 6.72. The van der Waals surface area contributed by atoms with Gasteiger partial charge in [0.25, 0.3) is 0 Å². The van der Waals surface area contributed by atoms with Crippen molar-refractivity contribution in [2.45, 2.75) is 18.3 Å². The summed E-state index contributed by atoms with van der Waals surface area (Å²) < 4.78 is 0. The number of hydrogen-bond acceptors (Lipinski definition) is 3. The van der Waals surface area contributed by atoms with Crippen LogP contribution in [0, 0.1) is 0 Å². The molecule has 0 bridgehead atoms. The zero-order valence-electron chi connectivity index (χ0n) is 11.1. The Bertz CT molecular complexity index is 800. The molecule has 1 aliphatic heterocycles. The summed E-state index contributed by atoms with van der Waals surface area (Å²) in [6.07, 6.45) is 2.77. The Hall–Kier alpha value is -2.69. The molecule has 1 spiro atoms. The summed E-state index contributed by atoms with van der Waals surface area (Å²) in [4.78, 5) is 27.8. The second-order valence-corrected chi connectivity index (χ2v) is 5.58. The van der Waals surface area contributed by atoms with Crippen LogP contribution in [-0.4, -0.2) is 22.0 Å². The zero-order valence-corrected chi connectivity index (χ0v) is 11.1. The molecule has 1 aromatic carbocycles. The van der Waals surface area contributed by atoms with Crippen molar-refractivity contribution in [2.24, 2.45) is 0 Å². The molecule has 0 fully saturated rings. The summed E-state index contributed by atoms with van der Waals surface area (Å²) >= 11 is 0. The lowest BCUT2D eigenvalue weighted by Gasteiger charge is -2.20. The van der Waals surface area contributed by atoms with Gasteiger partial charge >= 0.3 is 5.97 Å². The van der Waals surface area contributed by atoms with E-state index in [0.29, 0.717) is 18.7 Å². The summed E-state index contributed by atoms with van der Waals surface area (Å²) in [6, 6.07) is 8.83. The smallest absolute Gasteiger partial charge is 0.335 e. The standard InChI is InChI=1S/C16H12N2O3/c19-14(20)9-3-4-10-7-16(8-11(10)6-9)12-2-1-5-17-13(12)18-15(16)21/h1-6H,7-8H2,(H,19,20)(H,17,18,21)/t16-/m1/s1. The Balaban J connectivity index is 1.83. The molecule has 2 aromatic rings. The number of carbonyl (C=O) groups excluding carboxylic acids is 1. The van der Waals surface area contributed by atoms with Gasteiger partial charge in [-0.3, -0.25) is 4.79 Å². The number of aromatic carboxylic acids is 1. The summed E-state index contributed by atoms with van der Waals surface area (Å²) in [7, 11) is 0. The molecule has 5 nitrogen and oxygen atoms in total. The van der Waals surface area contributed by atoms with Crippen LogP contribution in [0.25, 0.3) is 0 Å². The van der Waals surface area contributed by atoms with E-state index in [1.54, 1.807) is 18.3 Å². The number of nitrogens with one attached hydrogen (secondary N) is 1. The molecule has 2 N–H and O–H groups in total. The van der Waals surface area contributed by atoms with Gasteiger partial charge in [-0.15, -0.1) is 0 Å². The van der Waals surface area contributed by atoms with Crippen molar-refractivity contribution in [3.05, 3.63) is 58.8 Å². The second kappa shape index (κ2) is 3.91. The van der Waals surface area contributed by atoms with Crippen molar-refractivity contribution in [2.75, 3.05) is 5.32 Å². The van der Waals surface area contributed by atoms with E-state index in [4.69, 9.17) is 5.11 Å². The first-order valence-electron chi connectivity index (χ1n) is 6.72. The number of nitrogens with zero attached hydrogens (tertiary/aromatic N) is 1. The average Bonchev–Trinajstić information content (AvgIpc) is 2.98. The SMILES string of the molecule is O=C(O)c1ccc2c(c1)C[C@@]1(C2)C(=O)Nc2ncccc21. The van der Waals surface area contributed by atoms with E-state index in [1.807, 2.05) is 18.2 Å². The second-order valence-electron chi connectivity index (χ2n) is 5.58. The van der Waals surface area contributed by atoms with E-state index in [-0.39, 0.29) is 11.5 Å². The molecule has 2 heterocycles. The lowest BCUT2D eigenvalue weighted by molar-refractivity contribution is -0.120. The van der Waals surface area contributed by atoms with E-state index in [0.717, 1.165) is 16.7 Å². The highest BCUT2D eigenvalue weighted by molar-refractivity contribution is 6.06. The number of hydrogen-bond donors (Lipinski definition) is 2. The monoisotopic (exact) mass is 280 g/mol. The minimum atomic E-state index is -0.948. The van der Waals surface area contributed by atoms with Gasteiger partial charge in [-0.2, -0.15) is 0 Å². The first kappa shape index (κ1) is 12.1. The molecule has 0 saturated carbocycles. The quantitative estimate of drug-likeness (QED) is 0.834. The van der Waals surface area contributed by atoms with Gasteiger partial charge in [-0.25, -0.2) is 9.78 Å². The number of benzene rings is 1. The van der Waals surface area contributed by atoms with E-state index in [9.17, 15) is 9.59 Å². The van der Waals surface area contributed by atoms with E-state index >= 15 is 0 Å². The molecule has 0 unspecified atom stereocenters. The maximum Gasteiger partial charge on any atom is 0.335 e. The van der Waals surface area contributed by atoms with E-state index in [2.05, 4.69) is 10.3 Å². The lowest BCUT2D eigenvalue weighted by Crippen LogP contribution is -2.35. The first-order chi connectivity index (χ1) is 10.1. The number of anilines is 1. The number of rotatable bonds is 1. The van der Waals surface area contributed by atoms with Crippen LogP contribution < -0.4 is 5.32 Å². The average molecular weight is 280 g/mol. The number of aromatic nitrogens is 1. The highest BCUT2D eigenvalue weighted by Crippen LogP contribution is 2.46. The minimum absolute atomic E-state index is 0.0516. The Morgan fingerprint density at radius 2 is 2.05 bits per heavy atom. The largest absolute Gasteiger partial charge is 0.478 e.